The summed E-state index contributed by atoms with van der Waals surface area (Å²) in [7, 11) is 1.57. The Morgan fingerprint density at radius 3 is 2.78 bits per heavy atom. The zero-order valence-corrected chi connectivity index (χ0v) is 14.3. The topological polar surface area (TPSA) is 78.6 Å². The van der Waals surface area contributed by atoms with E-state index in [0.717, 1.165) is 5.56 Å². The molecule has 122 valence electrons. The summed E-state index contributed by atoms with van der Waals surface area (Å²) in [6.07, 6.45) is 3.38. The number of hydrogen-bond donors (Lipinski definition) is 0. The van der Waals surface area contributed by atoms with Gasteiger partial charge < -0.3 is 9.47 Å². The summed E-state index contributed by atoms with van der Waals surface area (Å²) in [4.78, 5) is 12.1. The molecule has 0 spiro atoms. The first kappa shape index (κ1) is 17.0. The minimum Gasteiger partial charge on any atom is -0.493 e. The third-order valence-corrected chi connectivity index (χ3v) is 3.58. The number of ether oxygens (including phenoxy) is 2. The first-order valence-electron chi connectivity index (χ1n) is 6.96. The van der Waals surface area contributed by atoms with Crippen molar-refractivity contribution in [2.45, 2.75) is 19.0 Å². The van der Waals surface area contributed by atoms with Crippen molar-refractivity contribution < 1.29 is 9.47 Å². The van der Waals surface area contributed by atoms with Crippen LogP contribution in [-0.4, -0.2) is 41.1 Å². The van der Waals surface area contributed by atoms with Gasteiger partial charge in [0.05, 0.1) is 19.9 Å². The van der Waals surface area contributed by atoms with Crippen LogP contribution in [0.15, 0.2) is 33.3 Å². The van der Waals surface area contributed by atoms with Gasteiger partial charge in [0.15, 0.2) is 11.5 Å². The molecule has 0 N–H and O–H groups in total. The van der Waals surface area contributed by atoms with Gasteiger partial charge in [-0.15, -0.1) is 10.2 Å². The Hall–Kier alpha value is -2.35. The van der Waals surface area contributed by atoms with Gasteiger partial charge in [-0.25, -0.2) is 0 Å². The highest BCUT2D eigenvalue weighted by molar-refractivity contribution is 7.98. The fourth-order valence-corrected chi connectivity index (χ4v) is 2.26. The van der Waals surface area contributed by atoms with E-state index in [0.29, 0.717) is 29.0 Å². The number of nitrogens with zero attached hydrogens (tertiary/aromatic N) is 4. The first-order valence-corrected chi connectivity index (χ1v) is 8.18. The largest absolute Gasteiger partial charge is 0.493 e. The van der Waals surface area contributed by atoms with Crippen LogP contribution in [0.5, 0.6) is 11.5 Å². The van der Waals surface area contributed by atoms with Crippen LogP contribution in [0.1, 0.15) is 18.2 Å². The van der Waals surface area contributed by atoms with E-state index in [2.05, 4.69) is 15.3 Å². The molecular weight excluding hydrogens is 316 g/mol. The number of aryl methyl sites for hydroxylation is 1. The van der Waals surface area contributed by atoms with Crippen LogP contribution < -0.4 is 15.0 Å². The summed E-state index contributed by atoms with van der Waals surface area (Å²) in [5.41, 5.74) is 0.779. The molecule has 1 aromatic heterocycles. The van der Waals surface area contributed by atoms with Gasteiger partial charge in [-0.3, -0.25) is 4.79 Å². The third kappa shape index (κ3) is 3.89. The van der Waals surface area contributed by atoms with Crippen LogP contribution in [0.2, 0.25) is 0 Å². The standard InChI is InChI=1S/C15H18N4O3S/c1-5-22-12-7-6-11(8-13(12)21-3)9-16-19-14(20)10(2)17-18-15(19)23-4/h6-9H,5H2,1-4H3. The number of thioether (sulfide) groups is 1. The maximum absolute atomic E-state index is 12.1. The van der Waals surface area contributed by atoms with E-state index < -0.39 is 0 Å². The molecule has 1 aromatic carbocycles. The number of hydrogen-bond acceptors (Lipinski definition) is 7. The summed E-state index contributed by atoms with van der Waals surface area (Å²) in [5.74, 6) is 1.27. The first-order chi connectivity index (χ1) is 11.1. The lowest BCUT2D eigenvalue weighted by Gasteiger charge is -2.09. The number of methoxy groups -OCH3 is 1. The van der Waals surface area contributed by atoms with E-state index in [1.165, 1.54) is 16.4 Å². The molecule has 2 rings (SSSR count). The Balaban J connectivity index is 2.38. The normalized spacial score (nSPS) is 11.0. The molecule has 0 radical (unpaired) electrons. The highest BCUT2D eigenvalue weighted by atomic mass is 32.2. The molecule has 0 saturated heterocycles. The monoisotopic (exact) mass is 334 g/mol. The maximum Gasteiger partial charge on any atom is 0.296 e. The second-order valence-corrected chi connectivity index (χ2v) is 5.25. The fourth-order valence-electron chi connectivity index (χ4n) is 1.84. The lowest BCUT2D eigenvalue weighted by molar-refractivity contribution is 0.311. The highest BCUT2D eigenvalue weighted by Gasteiger charge is 2.08. The zero-order valence-electron chi connectivity index (χ0n) is 13.4. The number of rotatable bonds is 6. The predicted molar refractivity (Wildman–Crippen MR) is 90.0 cm³/mol. The molecule has 0 aliphatic carbocycles. The van der Waals surface area contributed by atoms with Crippen molar-refractivity contribution in [2.24, 2.45) is 5.10 Å². The minimum atomic E-state index is -0.293. The molecule has 0 saturated carbocycles. The molecule has 0 amide bonds. The van der Waals surface area contributed by atoms with E-state index in [1.54, 1.807) is 32.4 Å². The Labute approximate surface area is 138 Å². The van der Waals surface area contributed by atoms with E-state index in [-0.39, 0.29) is 5.56 Å². The molecule has 23 heavy (non-hydrogen) atoms. The summed E-state index contributed by atoms with van der Waals surface area (Å²) in [6.45, 7) is 4.06. The molecule has 8 heteroatoms. The Bertz CT molecular complexity index is 774. The van der Waals surface area contributed by atoms with E-state index >= 15 is 0 Å². The molecule has 0 aliphatic heterocycles. The molecule has 1 heterocycles. The third-order valence-electron chi connectivity index (χ3n) is 2.96. The fraction of sp³-hybridized carbons (Fsp3) is 0.333. The van der Waals surface area contributed by atoms with Gasteiger partial charge in [0.1, 0.15) is 5.69 Å². The highest BCUT2D eigenvalue weighted by Crippen LogP contribution is 2.27. The molecule has 0 aliphatic rings. The van der Waals surface area contributed by atoms with Crippen LogP contribution in [0.3, 0.4) is 0 Å². The molecule has 7 nitrogen and oxygen atoms in total. The van der Waals surface area contributed by atoms with Gasteiger partial charge in [0.25, 0.3) is 5.56 Å². The minimum absolute atomic E-state index is 0.293. The van der Waals surface area contributed by atoms with Crippen LogP contribution in [0.25, 0.3) is 0 Å². The van der Waals surface area contributed by atoms with Crippen molar-refractivity contribution in [3.63, 3.8) is 0 Å². The lowest BCUT2D eigenvalue weighted by atomic mass is 10.2. The average molecular weight is 334 g/mol. The number of aromatic nitrogens is 3. The van der Waals surface area contributed by atoms with Crippen molar-refractivity contribution >= 4 is 18.0 Å². The van der Waals surface area contributed by atoms with Gasteiger partial charge in [-0.1, -0.05) is 11.8 Å². The van der Waals surface area contributed by atoms with E-state index in [9.17, 15) is 4.79 Å². The quantitative estimate of drug-likeness (QED) is 0.593. The van der Waals surface area contributed by atoms with Crippen LogP contribution in [-0.2, 0) is 0 Å². The molecule has 0 fully saturated rings. The Kier molecular flexibility index (Phi) is 5.75. The average Bonchev–Trinajstić information content (AvgIpc) is 2.57. The zero-order chi connectivity index (χ0) is 16.8. The Morgan fingerprint density at radius 2 is 2.13 bits per heavy atom. The molecular formula is C15H18N4O3S. The van der Waals surface area contributed by atoms with Crippen molar-refractivity contribution in [2.75, 3.05) is 20.0 Å². The van der Waals surface area contributed by atoms with Gasteiger partial charge in [-0.2, -0.15) is 9.78 Å². The van der Waals surface area contributed by atoms with Gasteiger partial charge in [0, 0.05) is 0 Å². The Morgan fingerprint density at radius 1 is 1.35 bits per heavy atom. The van der Waals surface area contributed by atoms with Crippen LogP contribution >= 0.6 is 11.8 Å². The van der Waals surface area contributed by atoms with Crippen molar-refractivity contribution in [1.29, 1.82) is 0 Å². The second kappa shape index (κ2) is 7.77. The summed E-state index contributed by atoms with van der Waals surface area (Å²) in [5, 5.41) is 12.4. The SMILES string of the molecule is CCOc1ccc(C=Nn2c(SC)nnc(C)c2=O)cc1OC. The van der Waals surface area contributed by atoms with E-state index in [4.69, 9.17) is 9.47 Å². The molecule has 2 aromatic rings. The van der Waals surface area contributed by atoms with Crippen LogP contribution in [0, 0.1) is 6.92 Å². The summed E-state index contributed by atoms with van der Waals surface area (Å²) >= 11 is 1.30. The molecule has 0 bridgehead atoms. The van der Waals surface area contributed by atoms with E-state index in [1.807, 2.05) is 19.2 Å². The smallest absolute Gasteiger partial charge is 0.296 e. The maximum atomic E-state index is 12.1. The second-order valence-electron chi connectivity index (χ2n) is 4.48. The lowest BCUT2D eigenvalue weighted by Crippen LogP contribution is -2.23. The summed E-state index contributed by atoms with van der Waals surface area (Å²) < 4.78 is 12.0. The van der Waals surface area contributed by atoms with Gasteiger partial charge in [-0.05, 0) is 43.9 Å². The predicted octanol–water partition coefficient (Wildman–Crippen LogP) is 1.96. The summed E-state index contributed by atoms with van der Waals surface area (Å²) in [6, 6.07) is 5.43. The van der Waals surface area contributed by atoms with Gasteiger partial charge >= 0.3 is 0 Å². The number of benzene rings is 1. The van der Waals surface area contributed by atoms with Crippen LogP contribution in [0.4, 0.5) is 0 Å². The molecule has 0 unspecified atom stereocenters. The molecule has 0 atom stereocenters. The van der Waals surface area contributed by atoms with Crippen molar-refractivity contribution in [3.8, 4) is 11.5 Å². The van der Waals surface area contributed by atoms with Gasteiger partial charge in [0.2, 0.25) is 5.16 Å². The van der Waals surface area contributed by atoms with Crippen molar-refractivity contribution in [1.82, 2.24) is 14.9 Å². The van der Waals surface area contributed by atoms with Crippen molar-refractivity contribution in [3.05, 3.63) is 39.8 Å².